The smallest absolute Gasteiger partial charge is 0.274 e. The van der Waals surface area contributed by atoms with Crippen molar-refractivity contribution in [3.63, 3.8) is 0 Å². The lowest BCUT2D eigenvalue weighted by molar-refractivity contribution is 0.0935. The Morgan fingerprint density at radius 2 is 1.94 bits per heavy atom. The first-order chi connectivity index (χ1) is 16.6. The molecular weight excluding hydrogens is 562 g/mol. The molecule has 0 aromatic carbocycles. The Kier molecular flexibility index (Phi) is 5.85. The predicted molar refractivity (Wildman–Crippen MR) is 132 cm³/mol. The standard InChI is InChI=1S/C21H17BrClN7O4S/c1-11-7-13-4-6-25-29(13)18(21(32)26-12-9-35(33,34)10-12)17(11)27-20(31)15-8-16(22)28-30(15)19-14(23)3-2-5-24-19/h2-8,12H,9-10H2,1H3,(H,26,32)(H,27,31). The highest BCUT2D eigenvalue weighted by atomic mass is 79.9. The van der Waals surface area contributed by atoms with Crippen LogP contribution in [0.25, 0.3) is 11.3 Å². The molecule has 4 aromatic heterocycles. The van der Waals surface area contributed by atoms with Gasteiger partial charge in [-0.1, -0.05) is 11.6 Å². The van der Waals surface area contributed by atoms with Gasteiger partial charge in [0.25, 0.3) is 11.8 Å². The summed E-state index contributed by atoms with van der Waals surface area (Å²) in [5.41, 5.74) is 1.66. The van der Waals surface area contributed by atoms with Crippen molar-refractivity contribution in [1.82, 2.24) is 29.7 Å². The first-order valence-corrected chi connectivity index (χ1v) is 13.3. The van der Waals surface area contributed by atoms with E-state index in [-0.39, 0.29) is 34.4 Å². The van der Waals surface area contributed by atoms with E-state index >= 15 is 0 Å². The van der Waals surface area contributed by atoms with Gasteiger partial charge in [0.05, 0.1) is 40.0 Å². The van der Waals surface area contributed by atoms with Crippen LogP contribution < -0.4 is 10.6 Å². The van der Waals surface area contributed by atoms with Gasteiger partial charge in [-0.2, -0.15) is 10.2 Å². The van der Waals surface area contributed by atoms with Gasteiger partial charge in [0.1, 0.15) is 10.3 Å². The molecule has 1 saturated heterocycles. The predicted octanol–water partition coefficient (Wildman–Crippen LogP) is 2.42. The summed E-state index contributed by atoms with van der Waals surface area (Å²) in [6, 6.07) is 7.77. The Balaban J connectivity index is 1.53. The van der Waals surface area contributed by atoms with Crippen molar-refractivity contribution >= 4 is 60.4 Å². The quantitative estimate of drug-likeness (QED) is 0.371. The molecule has 1 aliphatic rings. The number of aryl methyl sites for hydroxylation is 1. The number of nitrogens with zero attached hydrogens (tertiary/aromatic N) is 5. The minimum atomic E-state index is -3.13. The number of carbonyl (C=O) groups excluding carboxylic acids is 2. The van der Waals surface area contributed by atoms with Crippen LogP contribution in [0, 0.1) is 6.92 Å². The van der Waals surface area contributed by atoms with Crippen LogP contribution in [-0.2, 0) is 9.84 Å². The van der Waals surface area contributed by atoms with E-state index in [9.17, 15) is 18.0 Å². The fourth-order valence-electron chi connectivity index (χ4n) is 3.85. The lowest BCUT2D eigenvalue weighted by atomic mass is 10.1. The second-order valence-corrected chi connectivity index (χ2v) is 11.4. The molecule has 1 fully saturated rings. The van der Waals surface area contributed by atoms with Crippen LogP contribution >= 0.6 is 27.5 Å². The molecule has 0 aliphatic carbocycles. The molecule has 2 amide bonds. The van der Waals surface area contributed by atoms with Crippen LogP contribution in [0.3, 0.4) is 0 Å². The van der Waals surface area contributed by atoms with Gasteiger partial charge in [-0.15, -0.1) is 0 Å². The minimum Gasteiger partial charge on any atom is -0.346 e. The van der Waals surface area contributed by atoms with Crippen molar-refractivity contribution in [1.29, 1.82) is 0 Å². The highest BCUT2D eigenvalue weighted by molar-refractivity contribution is 9.10. The van der Waals surface area contributed by atoms with Crippen molar-refractivity contribution in [3.8, 4) is 5.82 Å². The van der Waals surface area contributed by atoms with E-state index in [1.807, 2.05) is 0 Å². The SMILES string of the molecule is Cc1cc2ccnn2c(C(=O)NC2CS(=O)(=O)C2)c1NC(=O)c1cc(Br)nn1-c1ncccc1Cl. The number of amides is 2. The maximum absolute atomic E-state index is 13.4. The molecule has 0 bridgehead atoms. The average Bonchev–Trinajstić information content (AvgIpc) is 3.39. The number of hydrogen-bond acceptors (Lipinski definition) is 7. The summed E-state index contributed by atoms with van der Waals surface area (Å²) in [5.74, 6) is -1.13. The molecule has 0 spiro atoms. The number of nitrogens with one attached hydrogen (secondary N) is 2. The third kappa shape index (κ3) is 4.42. The van der Waals surface area contributed by atoms with Gasteiger partial charge in [-0.05, 0) is 52.7 Å². The number of halogens is 2. The molecule has 0 unspecified atom stereocenters. The lowest BCUT2D eigenvalue weighted by Gasteiger charge is -2.27. The highest BCUT2D eigenvalue weighted by Gasteiger charge is 2.35. The molecule has 0 atom stereocenters. The van der Waals surface area contributed by atoms with Gasteiger partial charge in [-0.25, -0.2) is 22.6 Å². The van der Waals surface area contributed by atoms with Crippen LogP contribution in [0.5, 0.6) is 0 Å². The zero-order valence-electron chi connectivity index (χ0n) is 18.1. The van der Waals surface area contributed by atoms with Crippen molar-refractivity contribution in [2.24, 2.45) is 0 Å². The van der Waals surface area contributed by atoms with E-state index < -0.39 is 27.7 Å². The lowest BCUT2D eigenvalue weighted by Crippen LogP contribution is -2.53. The minimum absolute atomic E-state index is 0.0728. The van der Waals surface area contributed by atoms with E-state index in [1.54, 1.807) is 31.2 Å². The van der Waals surface area contributed by atoms with E-state index in [1.165, 1.54) is 27.7 Å². The average molecular weight is 579 g/mol. The van der Waals surface area contributed by atoms with Crippen LogP contribution in [0.2, 0.25) is 5.02 Å². The summed E-state index contributed by atoms with van der Waals surface area (Å²) in [4.78, 5) is 30.8. The fraction of sp³-hybridized carbons (Fsp3) is 0.190. The third-order valence-corrected chi connectivity index (χ3v) is 7.93. The maximum Gasteiger partial charge on any atom is 0.274 e. The summed E-state index contributed by atoms with van der Waals surface area (Å²) in [6.07, 6.45) is 3.05. The number of hydrogen-bond donors (Lipinski definition) is 2. The molecule has 180 valence electrons. The molecule has 0 saturated carbocycles. The molecule has 11 nitrogen and oxygen atoms in total. The van der Waals surface area contributed by atoms with E-state index in [4.69, 9.17) is 11.6 Å². The number of sulfone groups is 1. The second-order valence-electron chi connectivity index (χ2n) is 7.99. The Bertz CT molecular complexity index is 1600. The summed E-state index contributed by atoms with van der Waals surface area (Å²) < 4.78 is 26.1. The summed E-state index contributed by atoms with van der Waals surface area (Å²) in [5, 5.41) is 14.3. The highest BCUT2D eigenvalue weighted by Crippen LogP contribution is 2.27. The van der Waals surface area contributed by atoms with Gasteiger partial charge in [0, 0.05) is 12.3 Å². The number of rotatable bonds is 5. The molecule has 5 heterocycles. The van der Waals surface area contributed by atoms with Crippen molar-refractivity contribution in [3.05, 3.63) is 69.3 Å². The van der Waals surface area contributed by atoms with Gasteiger partial charge in [-0.3, -0.25) is 9.59 Å². The number of carbonyl (C=O) groups is 2. The molecular formula is C21H17BrClN7O4S. The van der Waals surface area contributed by atoms with Crippen LogP contribution in [-0.4, -0.2) is 62.2 Å². The molecule has 35 heavy (non-hydrogen) atoms. The first kappa shape index (κ1) is 23.5. The van der Waals surface area contributed by atoms with E-state index in [0.29, 0.717) is 20.7 Å². The maximum atomic E-state index is 13.4. The number of aromatic nitrogens is 5. The third-order valence-electron chi connectivity index (χ3n) is 5.43. The normalized spacial score (nSPS) is 15.1. The molecule has 2 N–H and O–H groups in total. The van der Waals surface area contributed by atoms with Gasteiger partial charge < -0.3 is 10.6 Å². The largest absolute Gasteiger partial charge is 0.346 e. The number of pyridine rings is 2. The Morgan fingerprint density at radius 1 is 1.17 bits per heavy atom. The van der Waals surface area contributed by atoms with Gasteiger partial charge in [0.2, 0.25) is 0 Å². The van der Waals surface area contributed by atoms with Crippen LogP contribution in [0.4, 0.5) is 5.69 Å². The molecule has 14 heteroatoms. The summed E-state index contributed by atoms with van der Waals surface area (Å²) in [7, 11) is -3.13. The molecule has 5 rings (SSSR count). The van der Waals surface area contributed by atoms with E-state index in [0.717, 1.165) is 0 Å². The summed E-state index contributed by atoms with van der Waals surface area (Å²) in [6.45, 7) is 1.75. The Morgan fingerprint density at radius 3 is 2.66 bits per heavy atom. The monoisotopic (exact) mass is 577 g/mol. The fourth-order valence-corrected chi connectivity index (χ4v) is 5.72. The molecule has 1 aliphatic heterocycles. The van der Waals surface area contributed by atoms with Crippen LogP contribution in [0.1, 0.15) is 26.5 Å². The topological polar surface area (TPSA) is 140 Å². The Hall–Kier alpha value is -3.29. The van der Waals surface area contributed by atoms with E-state index in [2.05, 4.69) is 41.7 Å². The van der Waals surface area contributed by atoms with Gasteiger partial charge >= 0.3 is 0 Å². The number of fused-ring (bicyclic) bond motifs is 1. The first-order valence-electron chi connectivity index (χ1n) is 10.3. The van der Waals surface area contributed by atoms with Crippen molar-refractivity contribution < 1.29 is 18.0 Å². The summed E-state index contributed by atoms with van der Waals surface area (Å²) >= 11 is 9.54. The molecule has 4 aromatic rings. The van der Waals surface area contributed by atoms with Gasteiger partial charge in [0.15, 0.2) is 21.3 Å². The zero-order chi connectivity index (χ0) is 24.9. The van der Waals surface area contributed by atoms with Crippen LogP contribution in [0.15, 0.2) is 47.3 Å². The van der Waals surface area contributed by atoms with Crippen molar-refractivity contribution in [2.75, 3.05) is 16.8 Å². The number of anilines is 1. The Labute approximate surface area is 212 Å². The zero-order valence-corrected chi connectivity index (χ0v) is 21.2. The molecule has 0 radical (unpaired) electrons. The van der Waals surface area contributed by atoms with Crippen molar-refractivity contribution in [2.45, 2.75) is 13.0 Å². The second kappa shape index (κ2) is 8.73.